The van der Waals surface area contributed by atoms with Gasteiger partial charge in [0.15, 0.2) is 5.82 Å². The summed E-state index contributed by atoms with van der Waals surface area (Å²) in [5.41, 5.74) is 0. The third-order valence-corrected chi connectivity index (χ3v) is 4.60. The predicted octanol–water partition coefficient (Wildman–Crippen LogP) is 0.938. The van der Waals surface area contributed by atoms with Gasteiger partial charge in [-0.05, 0) is 31.8 Å². The number of imidazole rings is 1. The smallest absolute Gasteiger partial charge is 0.240 e. The molecular formula is C16H25N5O3. The van der Waals surface area contributed by atoms with Crippen LogP contribution in [0.1, 0.15) is 36.5 Å². The second-order valence-electron chi connectivity index (χ2n) is 6.30. The zero-order valence-corrected chi connectivity index (χ0v) is 14.3. The van der Waals surface area contributed by atoms with Gasteiger partial charge in [-0.3, -0.25) is 4.90 Å². The van der Waals surface area contributed by atoms with Crippen LogP contribution < -0.4 is 0 Å². The molecule has 0 aromatic carbocycles. The second kappa shape index (κ2) is 7.87. The van der Waals surface area contributed by atoms with Crippen LogP contribution in [0, 0.1) is 5.92 Å². The van der Waals surface area contributed by atoms with Gasteiger partial charge >= 0.3 is 0 Å². The molecule has 1 unspecified atom stereocenters. The Morgan fingerprint density at radius 3 is 2.88 bits per heavy atom. The molecule has 3 heterocycles. The molecule has 1 saturated heterocycles. The molecule has 8 heteroatoms. The number of ether oxygens (including phenoxy) is 1. The minimum absolute atomic E-state index is 0.238. The van der Waals surface area contributed by atoms with E-state index in [1.54, 1.807) is 13.3 Å². The fourth-order valence-electron chi connectivity index (χ4n) is 3.14. The van der Waals surface area contributed by atoms with Crippen LogP contribution in [0.2, 0.25) is 0 Å². The molecule has 2 aromatic heterocycles. The van der Waals surface area contributed by atoms with Gasteiger partial charge in [0.1, 0.15) is 11.9 Å². The monoisotopic (exact) mass is 335 g/mol. The molecule has 24 heavy (non-hydrogen) atoms. The van der Waals surface area contributed by atoms with Crippen LogP contribution in [0.3, 0.4) is 0 Å². The van der Waals surface area contributed by atoms with Crippen molar-refractivity contribution in [3.8, 4) is 0 Å². The molecule has 1 fully saturated rings. The molecule has 2 aromatic rings. The summed E-state index contributed by atoms with van der Waals surface area (Å²) in [4.78, 5) is 10.9. The first-order valence-corrected chi connectivity index (χ1v) is 8.35. The van der Waals surface area contributed by atoms with E-state index in [0.717, 1.165) is 31.8 Å². The van der Waals surface area contributed by atoms with Crippen LogP contribution in [0.5, 0.6) is 0 Å². The highest BCUT2D eigenvalue weighted by atomic mass is 16.5. The van der Waals surface area contributed by atoms with E-state index in [9.17, 15) is 5.11 Å². The average Bonchev–Trinajstić information content (AvgIpc) is 3.22. The minimum atomic E-state index is -0.504. The number of hydrogen-bond donors (Lipinski definition) is 1. The molecule has 1 N–H and O–H groups in total. The van der Waals surface area contributed by atoms with Crippen molar-refractivity contribution < 1.29 is 14.4 Å². The summed E-state index contributed by atoms with van der Waals surface area (Å²) in [7, 11) is 3.57. The van der Waals surface area contributed by atoms with Crippen LogP contribution in [0.4, 0.5) is 0 Å². The highest BCUT2D eigenvalue weighted by molar-refractivity contribution is 4.98. The third-order valence-electron chi connectivity index (χ3n) is 4.60. The second-order valence-corrected chi connectivity index (χ2v) is 6.30. The summed E-state index contributed by atoms with van der Waals surface area (Å²) in [6.07, 6.45) is 5.61. The Balaban J connectivity index is 1.48. The molecule has 1 aliphatic heterocycles. The van der Waals surface area contributed by atoms with Gasteiger partial charge in [0.2, 0.25) is 5.89 Å². The molecule has 1 atom stereocenters. The lowest BCUT2D eigenvalue weighted by Crippen LogP contribution is -2.35. The first-order valence-electron chi connectivity index (χ1n) is 8.35. The van der Waals surface area contributed by atoms with Gasteiger partial charge in [0, 0.05) is 33.0 Å². The van der Waals surface area contributed by atoms with Crippen LogP contribution in [0.15, 0.2) is 16.9 Å². The number of likely N-dealkylation sites (tertiary alicyclic amines) is 1. The summed E-state index contributed by atoms with van der Waals surface area (Å²) >= 11 is 0. The van der Waals surface area contributed by atoms with Crippen molar-refractivity contribution in [3.05, 3.63) is 29.9 Å². The van der Waals surface area contributed by atoms with E-state index in [2.05, 4.69) is 20.0 Å². The molecule has 132 valence electrons. The van der Waals surface area contributed by atoms with E-state index in [0.29, 0.717) is 31.3 Å². The van der Waals surface area contributed by atoms with E-state index in [1.807, 2.05) is 17.8 Å². The highest BCUT2D eigenvalue weighted by Crippen LogP contribution is 2.30. The van der Waals surface area contributed by atoms with Crippen molar-refractivity contribution in [2.45, 2.75) is 31.9 Å². The minimum Gasteiger partial charge on any atom is -0.385 e. The Bertz CT molecular complexity index is 633. The Morgan fingerprint density at radius 1 is 1.42 bits per heavy atom. The molecule has 0 spiro atoms. The molecule has 8 nitrogen and oxygen atoms in total. The molecule has 0 bridgehead atoms. The van der Waals surface area contributed by atoms with Crippen LogP contribution >= 0.6 is 0 Å². The number of aryl methyl sites for hydroxylation is 1. The number of aliphatic hydroxyl groups is 1. The zero-order chi connectivity index (χ0) is 16.9. The van der Waals surface area contributed by atoms with Gasteiger partial charge in [-0.25, -0.2) is 4.98 Å². The van der Waals surface area contributed by atoms with E-state index in [1.165, 1.54) is 0 Å². The van der Waals surface area contributed by atoms with Gasteiger partial charge in [0.05, 0.1) is 13.2 Å². The number of methoxy groups -OCH3 is 1. The fourth-order valence-corrected chi connectivity index (χ4v) is 3.14. The Morgan fingerprint density at radius 2 is 2.21 bits per heavy atom. The van der Waals surface area contributed by atoms with Crippen molar-refractivity contribution in [2.75, 3.05) is 26.8 Å². The lowest BCUT2D eigenvalue weighted by atomic mass is 9.91. The van der Waals surface area contributed by atoms with Crippen molar-refractivity contribution in [2.24, 2.45) is 13.0 Å². The Labute approximate surface area is 141 Å². The molecule has 3 rings (SSSR count). The van der Waals surface area contributed by atoms with Gasteiger partial charge in [0.25, 0.3) is 0 Å². The topological polar surface area (TPSA) is 89.4 Å². The SMILES string of the molecule is COCCc1noc(CN2CCC(C(O)c3nccn3C)CC2)n1. The lowest BCUT2D eigenvalue weighted by Gasteiger charge is -2.33. The van der Waals surface area contributed by atoms with E-state index in [4.69, 9.17) is 9.26 Å². The van der Waals surface area contributed by atoms with Gasteiger partial charge < -0.3 is 18.9 Å². The molecule has 0 radical (unpaired) electrons. The summed E-state index contributed by atoms with van der Waals surface area (Å²) in [6, 6.07) is 0. The molecule has 0 aliphatic carbocycles. The first-order chi connectivity index (χ1) is 11.7. The van der Waals surface area contributed by atoms with E-state index < -0.39 is 6.10 Å². The van der Waals surface area contributed by atoms with E-state index >= 15 is 0 Å². The van der Waals surface area contributed by atoms with Crippen molar-refractivity contribution in [1.29, 1.82) is 0 Å². The predicted molar refractivity (Wildman–Crippen MR) is 86.0 cm³/mol. The summed E-state index contributed by atoms with van der Waals surface area (Å²) in [5.74, 6) is 2.31. The van der Waals surface area contributed by atoms with Crippen molar-refractivity contribution >= 4 is 0 Å². The van der Waals surface area contributed by atoms with Gasteiger partial charge in [-0.15, -0.1) is 0 Å². The quantitative estimate of drug-likeness (QED) is 0.805. The number of aliphatic hydroxyl groups excluding tert-OH is 1. The molecule has 0 saturated carbocycles. The highest BCUT2D eigenvalue weighted by Gasteiger charge is 2.29. The maximum absolute atomic E-state index is 10.5. The van der Waals surface area contributed by atoms with Crippen LogP contribution in [-0.2, 0) is 24.8 Å². The summed E-state index contributed by atoms with van der Waals surface area (Å²) in [5, 5.41) is 14.5. The maximum Gasteiger partial charge on any atom is 0.240 e. The maximum atomic E-state index is 10.5. The van der Waals surface area contributed by atoms with E-state index in [-0.39, 0.29) is 5.92 Å². The summed E-state index contributed by atoms with van der Waals surface area (Å²) < 4.78 is 12.2. The number of hydrogen-bond acceptors (Lipinski definition) is 7. The van der Waals surface area contributed by atoms with Crippen LogP contribution in [-0.4, -0.2) is 56.5 Å². The van der Waals surface area contributed by atoms with Crippen molar-refractivity contribution in [3.63, 3.8) is 0 Å². The number of nitrogens with zero attached hydrogens (tertiary/aromatic N) is 5. The standard InChI is InChI=1S/C16H25N5O3/c1-20-9-6-17-16(20)15(22)12-3-7-21(8-4-12)11-14-18-13(19-24-14)5-10-23-2/h6,9,12,15,22H,3-5,7-8,10-11H2,1-2H3. The zero-order valence-electron chi connectivity index (χ0n) is 14.3. The molecular weight excluding hydrogens is 310 g/mol. The Hall–Kier alpha value is -1.77. The van der Waals surface area contributed by atoms with Gasteiger partial charge in [-0.1, -0.05) is 5.16 Å². The third kappa shape index (κ3) is 4.00. The summed E-state index contributed by atoms with van der Waals surface area (Å²) in [6.45, 7) is 3.06. The van der Waals surface area contributed by atoms with Crippen molar-refractivity contribution in [1.82, 2.24) is 24.6 Å². The largest absolute Gasteiger partial charge is 0.385 e. The first kappa shape index (κ1) is 17.1. The fraction of sp³-hybridized carbons (Fsp3) is 0.688. The Kier molecular flexibility index (Phi) is 5.60. The number of aromatic nitrogens is 4. The normalized spacial score (nSPS) is 18.1. The molecule has 0 amide bonds. The number of rotatable bonds is 7. The molecule has 1 aliphatic rings. The average molecular weight is 335 g/mol. The van der Waals surface area contributed by atoms with Gasteiger partial charge in [-0.2, -0.15) is 4.98 Å². The van der Waals surface area contributed by atoms with Crippen LogP contribution in [0.25, 0.3) is 0 Å². The lowest BCUT2D eigenvalue weighted by molar-refractivity contribution is 0.0465. The number of piperidine rings is 1.